The minimum Gasteiger partial charge on any atom is -0.384 e. The highest BCUT2D eigenvalue weighted by atomic mass is 35.5. The fourth-order valence-electron chi connectivity index (χ4n) is 4.69. The lowest BCUT2D eigenvalue weighted by atomic mass is 9.75. The van der Waals surface area contributed by atoms with E-state index in [2.05, 4.69) is 21.6 Å². The van der Waals surface area contributed by atoms with E-state index < -0.39 is 5.92 Å². The summed E-state index contributed by atoms with van der Waals surface area (Å²) >= 11 is 15.5. The van der Waals surface area contributed by atoms with Gasteiger partial charge in [-0.1, -0.05) is 70.1 Å². The molecule has 2 aromatic carbocycles. The second kappa shape index (κ2) is 11.4. The average Bonchev–Trinajstić information content (AvgIpc) is 3.37. The topological polar surface area (TPSA) is 125 Å². The van der Waals surface area contributed by atoms with E-state index in [-0.39, 0.29) is 28.8 Å². The summed E-state index contributed by atoms with van der Waals surface area (Å²) in [6.07, 6.45) is 1.53. The molecule has 2 heterocycles. The summed E-state index contributed by atoms with van der Waals surface area (Å²) in [5.41, 5.74) is 10.2. The molecule has 8 nitrogen and oxygen atoms in total. The van der Waals surface area contributed by atoms with Crippen molar-refractivity contribution in [2.24, 2.45) is 5.73 Å². The molecule has 198 valence electrons. The van der Waals surface area contributed by atoms with E-state index in [9.17, 15) is 14.9 Å². The van der Waals surface area contributed by atoms with Crippen molar-refractivity contribution in [3.8, 4) is 6.07 Å². The summed E-state index contributed by atoms with van der Waals surface area (Å²) < 4.78 is 0.552. The van der Waals surface area contributed by atoms with Gasteiger partial charge in [0.1, 0.15) is 5.82 Å². The van der Waals surface area contributed by atoms with Gasteiger partial charge in [-0.05, 0) is 44.0 Å². The van der Waals surface area contributed by atoms with Gasteiger partial charge in [-0.15, -0.1) is 10.2 Å². The van der Waals surface area contributed by atoms with Gasteiger partial charge >= 0.3 is 0 Å². The maximum absolute atomic E-state index is 13.3. The Bertz CT molecular complexity index is 1560. The van der Waals surface area contributed by atoms with Gasteiger partial charge in [-0.25, -0.2) is 0 Å². The third-order valence-electron chi connectivity index (χ3n) is 6.45. The first-order chi connectivity index (χ1) is 18.8. The summed E-state index contributed by atoms with van der Waals surface area (Å²) in [4.78, 5) is 27.4. The largest absolute Gasteiger partial charge is 0.384 e. The molecule has 1 atom stereocenters. The van der Waals surface area contributed by atoms with Crippen LogP contribution in [-0.4, -0.2) is 27.6 Å². The number of aromatic nitrogens is 2. The van der Waals surface area contributed by atoms with Gasteiger partial charge in [0, 0.05) is 39.0 Å². The first-order valence-corrected chi connectivity index (χ1v) is 14.6. The van der Waals surface area contributed by atoms with Crippen LogP contribution in [0.25, 0.3) is 0 Å². The molecular weight excluding hydrogens is 575 g/mol. The van der Waals surface area contributed by atoms with Crippen molar-refractivity contribution in [1.82, 2.24) is 10.2 Å². The molecule has 39 heavy (non-hydrogen) atoms. The number of thioether (sulfide) groups is 1. The Morgan fingerprint density at radius 2 is 1.92 bits per heavy atom. The van der Waals surface area contributed by atoms with Crippen LogP contribution in [0.15, 0.2) is 69.5 Å². The van der Waals surface area contributed by atoms with Gasteiger partial charge in [0.15, 0.2) is 10.1 Å². The predicted octanol–water partition coefficient (Wildman–Crippen LogP) is 6.19. The molecule has 1 amide bonds. The number of nitrogens with zero attached hydrogens (tertiary/aromatic N) is 4. The number of amides is 1. The van der Waals surface area contributed by atoms with E-state index in [4.69, 9.17) is 28.9 Å². The lowest BCUT2D eigenvalue weighted by Gasteiger charge is -2.38. The number of carbonyl (C=O) groups excluding carboxylic acids is 2. The Morgan fingerprint density at radius 3 is 2.62 bits per heavy atom. The van der Waals surface area contributed by atoms with E-state index in [0.29, 0.717) is 61.3 Å². The first kappa shape index (κ1) is 27.2. The zero-order valence-corrected chi connectivity index (χ0v) is 23.8. The molecule has 1 aromatic heterocycles. The van der Waals surface area contributed by atoms with Crippen molar-refractivity contribution in [3.05, 3.63) is 86.3 Å². The zero-order chi connectivity index (χ0) is 27.7. The average molecular weight is 598 g/mol. The Hall–Kier alpha value is -3.36. The van der Waals surface area contributed by atoms with Crippen LogP contribution in [0, 0.1) is 18.3 Å². The molecule has 1 aliphatic carbocycles. The van der Waals surface area contributed by atoms with Gasteiger partial charge in [0.2, 0.25) is 11.0 Å². The number of hydrogen-bond acceptors (Lipinski definition) is 9. The molecule has 1 unspecified atom stereocenters. The van der Waals surface area contributed by atoms with Crippen molar-refractivity contribution in [1.29, 1.82) is 5.26 Å². The summed E-state index contributed by atoms with van der Waals surface area (Å²) in [5.74, 6) is -0.753. The molecular formula is C27H22Cl2N6O2S2. The number of nitriles is 1. The number of benzene rings is 2. The predicted molar refractivity (Wildman–Crippen MR) is 155 cm³/mol. The van der Waals surface area contributed by atoms with E-state index in [1.807, 2.05) is 31.2 Å². The highest BCUT2D eigenvalue weighted by Gasteiger charge is 2.42. The molecule has 3 aromatic rings. The van der Waals surface area contributed by atoms with Crippen LogP contribution in [-0.2, 0) is 9.59 Å². The second-order valence-electron chi connectivity index (χ2n) is 9.00. The Morgan fingerprint density at radius 1 is 1.21 bits per heavy atom. The van der Waals surface area contributed by atoms with Gasteiger partial charge in [0.05, 0.1) is 23.3 Å². The normalized spacial score (nSPS) is 17.2. The van der Waals surface area contributed by atoms with Gasteiger partial charge in [-0.3, -0.25) is 14.5 Å². The Balaban J connectivity index is 1.45. The number of Topliss-reactive ketones (excluding diaryl/α,β-unsaturated/α-hetero) is 1. The SMILES string of the molecule is Cc1ccc(NC(=O)CSc2nnc(N3C(N)=C(C#N)C(c4c(Cl)cccc4Cl)C4=C3CCCC4=O)s2)cc1. The van der Waals surface area contributed by atoms with E-state index in [1.54, 1.807) is 23.1 Å². The molecule has 0 saturated heterocycles. The summed E-state index contributed by atoms with van der Waals surface area (Å²) in [6, 6.07) is 14.8. The Kier molecular flexibility index (Phi) is 7.96. The minimum absolute atomic E-state index is 0.0885. The Labute approximate surface area is 243 Å². The van der Waals surface area contributed by atoms with Crippen LogP contribution in [0.1, 0.15) is 36.3 Å². The second-order valence-corrected chi connectivity index (χ2v) is 12.0. The number of anilines is 2. The number of allylic oxidation sites excluding steroid dienone is 3. The van der Waals surface area contributed by atoms with Gasteiger partial charge in [-0.2, -0.15) is 5.26 Å². The number of hydrogen-bond donors (Lipinski definition) is 2. The third-order valence-corrected chi connectivity index (χ3v) is 9.15. The zero-order valence-electron chi connectivity index (χ0n) is 20.7. The summed E-state index contributed by atoms with van der Waals surface area (Å²) in [5, 5.41) is 22.7. The molecule has 2 aliphatic rings. The first-order valence-electron chi connectivity index (χ1n) is 12.0. The number of aryl methyl sites for hydroxylation is 1. The maximum atomic E-state index is 13.3. The molecule has 12 heteroatoms. The smallest absolute Gasteiger partial charge is 0.234 e. The molecule has 0 fully saturated rings. The molecule has 1 aliphatic heterocycles. The lowest BCUT2D eigenvalue weighted by molar-refractivity contribution is -0.116. The van der Waals surface area contributed by atoms with Gasteiger partial charge in [0.25, 0.3) is 0 Å². The van der Waals surface area contributed by atoms with E-state index >= 15 is 0 Å². The van der Waals surface area contributed by atoms with Crippen LogP contribution in [0.2, 0.25) is 10.0 Å². The summed E-state index contributed by atoms with van der Waals surface area (Å²) in [7, 11) is 0. The van der Waals surface area contributed by atoms with Crippen molar-refractivity contribution in [2.75, 3.05) is 16.0 Å². The summed E-state index contributed by atoms with van der Waals surface area (Å²) in [6.45, 7) is 1.98. The maximum Gasteiger partial charge on any atom is 0.234 e. The molecule has 0 spiro atoms. The van der Waals surface area contributed by atoms with Crippen LogP contribution >= 0.6 is 46.3 Å². The highest BCUT2D eigenvalue weighted by Crippen LogP contribution is 2.49. The highest BCUT2D eigenvalue weighted by molar-refractivity contribution is 8.01. The number of rotatable bonds is 6. The fourth-order valence-corrected chi connectivity index (χ4v) is 6.99. The van der Waals surface area contributed by atoms with Crippen molar-refractivity contribution >= 4 is 68.8 Å². The minimum atomic E-state index is -0.775. The van der Waals surface area contributed by atoms with Crippen LogP contribution < -0.4 is 16.0 Å². The van der Waals surface area contributed by atoms with Crippen molar-refractivity contribution in [3.63, 3.8) is 0 Å². The van der Waals surface area contributed by atoms with E-state index in [0.717, 1.165) is 5.56 Å². The standard InChI is InChI=1S/C27H22Cl2N6O2S2/c1-14-8-10-15(11-9-14)32-21(37)13-38-27-34-33-26(39-27)35-19-6-3-7-20(36)24(19)22(16(12-30)25(35)31)23-17(28)4-2-5-18(23)29/h2,4-5,8-11,22H,3,6-7,13,31H2,1H3,(H,32,37). The van der Waals surface area contributed by atoms with E-state index in [1.165, 1.54) is 23.1 Å². The van der Waals surface area contributed by atoms with Crippen LogP contribution in [0.5, 0.6) is 0 Å². The molecule has 3 N–H and O–H groups in total. The number of nitrogens with one attached hydrogen (secondary N) is 1. The van der Waals surface area contributed by atoms with Crippen LogP contribution in [0.3, 0.4) is 0 Å². The number of carbonyl (C=O) groups is 2. The van der Waals surface area contributed by atoms with Crippen molar-refractivity contribution < 1.29 is 9.59 Å². The van der Waals surface area contributed by atoms with Crippen molar-refractivity contribution in [2.45, 2.75) is 36.4 Å². The quantitative estimate of drug-likeness (QED) is 0.323. The fraction of sp³-hybridized carbons (Fsp3) is 0.222. The molecule has 5 rings (SSSR count). The lowest BCUT2D eigenvalue weighted by Crippen LogP contribution is -2.38. The number of ketones is 1. The molecule has 0 radical (unpaired) electrons. The molecule has 0 bridgehead atoms. The van der Waals surface area contributed by atoms with Crippen LogP contribution in [0.4, 0.5) is 10.8 Å². The number of halogens is 2. The number of nitrogens with two attached hydrogens (primary N) is 1. The molecule has 0 saturated carbocycles. The third kappa shape index (κ3) is 5.40. The van der Waals surface area contributed by atoms with Gasteiger partial charge < -0.3 is 11.1 Å². The monoisotopic (exact) mass is 596 g/mol.